The number of benzene rings is 2. The summed E-state index contributed by atoms with van der Waals surface area (Å²) in [6, 6.07) is 16.1. The average molecular weight is 421 g/mol. The number of carboxylic acids is 1. The van der Waals surface area contributed by atoms with E-state index in [2.05, 4.69) is 4.98 Å². The number of non-ortho nitro benzene ring substituents is 1. The van der Waals surface area contributed by atoms with Crippen molar-refractivity contribution in [3.05, 3.63) is 92.8 Å². The summed E-state index contributed by atoms with van der Waals surface area (Å²) in [4.78, 5) is 26.4. The second-order valence-electron chi connectivity index (χ2n) is 6.37. The summed E-state index contributed by atoms with van der Waals surface area (Å²) in [6.45, 7) is 0. The zero-order chi connectivity index (χ0) is 21.3. The van der Waals surface area contributed by atoms with Gasteiger partial charge in [-0.15, -0.1) is 0 Å². The normalized spacial score (nSPS) is 11.2. The van der Waals surface area contributed by atoms with E-state index in [-0.39, 0.29) is 16.3 Å². The molecule has 0 saturated carbocycles. The van der Waals surface area contributed by atoms with Crippen LogP contribution >= 0.6 is 11.6 Å². The number of hydrogen-bond donors (Lipinski definition) is 1. The minimum absolute atomic E-state index is 0.105. The topological polar surface area (TPSA) is 106 Å². The molecule has 30 heavy (non-hydrogen) atoms. The van der Waals surface area contributed by atoms with Gasteiger partial charge in [0, 0.05) is 23.1 Å². The highest BCUT2D eigenvalue weighted by Crippen LogP contribution is 2.32. The molecule has 0 aliphatic heterocycles. The van der Waals surface area contributed by atoms with Crippen LogP contribution in [0.4, 0.5) is 5.69 Å². The average Bonchev–Trinajstić information content (AvgIpc) is 3.20. The first kappa shape index (κ1) is 19.4. The fourth-order valence-electron chi connectivity index (χ4n) is 3.03. The molecular weight excluding hydrogens is 408 g/mol. The minimum Gasteiger partial charge on any atom is -0.478 e. The van der Waals surface area contributed by atoms with Gasteiger partial charge in [0.25, 0.3) is 5.69 Å². The Balaban J connectivity index is 1.64. The molecule has 0 amide bonds. The Kier molecular flexibility index (Phi) is 5.04. The molecule has 0 aliphatic carbocycles. The standard InChI is InChI=1S/C22H13ClN2O5/c23-19-12-14(25(28)29)6-9-17(19)21-10-8-15(30-21)7-5-13-11-18(22(26)27)16-3-1-2-4-20(16)24-13/h1-12H,(H,26,27). The summed E-state index contributed by atoms with van der Waals surface area (Å²) >= 11 is 6.14. The van der Waals surface area contributed by atoms with Crippen molar-refractivity contribution in [1.29, 1.82) is 0 Å². The van der Waals surface area contributed by atoms with E-state index in [1.807, 2.05) is 0 Å². The number of para-hydroxylation sites is 1. The molecule has 1 N–H and O–H groups in total. The highest BCUT2D eigenvalue weighted by molar-refractivity contribution is 6.33. The van der Waals surface area contributed by atoms with Gasteiger partial charge in [-0.25, -0.2) is 9.78 Å². The Labute approximate surface area is 175 Å². The summed E-state index contributed by atoms with van der Waals surface area (Å²) < 4.78 is 5.75. The van der Waals surface area contributed by atoms with Crippen molar-refractivity contribution in [3.63, 3.8) is 0 Å². The smallest absolute Gasteiger partial charge is 0.336 e. The number of furan rings is 1. The Hall–Kier alpha value is -3.97. The van der Waals surface area contributed by atoms with E-state index in [1.165, 1.54) is 24.3 Å². The lowest BCUT2D eigenvalue weighted by Gasteiger charge is -2.03. The van der Waals surface area contributed by atoms with Crippen LogP contribution < -0.4 is 0 Å². The molecular formula is C22H13ClN2O5. The number of nitrogens with zero attached hydrogens (tertiary/aromatic N) is 2. The first-order chi connectivity index (χ1) is 14.4. The van der Waals surface area contributed by atoms with Gasteiger partial charge in [0.2, 0.25) is 0 Å². The van der Waals surface area contributed by atoms with Crippen molar-refractivity contribution in [3.8, 4) is 11.3 Å². The number of rotatable bonds is 5. The van der Waals surface area contributed by atoms with Crippen molar-refractivity contribution in [2.24, 2.45) is 0 Å². The number of halogens is 1. The molecule has 2 aromatic heterocycles. The number of nitro benzene ring substituents is 1. The van der Waals surface area contributed by atoms with Gasteiger partial charge in [-0.2, -0.15) is 0 Å². The summed E-state index contributed by atoms with van der Waals surface area (Å²) in [5, 5.41) is 21.1. The molecule has 148 valence electrons. The van der Waals surface area contributed by atoms with Gasteiger partial charge in [0.1, 0.15) is 11.5 Å². The van der Waals surface area contributed by atoms with E-state index in [0.29, 0.717) is 33.7 Å². The maximum Gasteiger partial charge on any atom is 0.336 e. The Morgan fingerprint density at radius 3 is 2.63 bits per heavy atom. The fourth-order valence-corrected chi connectivity index (χ4v) is 3.30. The number of carboxylic acid groups (broad SMARTS) is 1. The zero-order valence-electron chi connectivity index (χ0n) is 15.3. The maximum absolute atomic E-state index is 11.6. The molecule has 7 nitrogen and oxygen atoms in total. The number of fused-ring (bicyclic) bond motifs is 1. The summed E-state index contributed by atoms with van der Waals surface area (Å²) in [6.07, 6.45) is 3.31. The molecule has 0 spiro atoms. The van der Waals surface area contributed by atoms with Crippen LogP contribution in [0.1, 0.15) is 21.8 Å². The van der Waals surface area contributed by atoms with Gasteiger partial charge in [-0.3, -0.25) is 10.1 Å². The van der Waals surface area contributed by atoms with Crippen LogP contribution in [0.2, 0.25) is 5.02 Å². The number of hydrogen-bond acceptors (Lipinski definition) is 5. The largest absolute Gasteiger partial charge is 0.478 e. The third-order valence-corrected chi connectivity index (χ3v) is 4.75. The Morgan fingerprint density at radius 1 is 1.10 bits per heavy atom. The molecule has 0 radical (unpaired) electrons. The highest BCUT2D eigenvalue weighted by Gasteiger charge is 2.14. The van der Waals surface area contributed by atoms with Gasteiger partial charge in [0.15, 0.2) is 0 Å². The monoisotopic (exact) mass is 420 g/mol. The van der Waals surface area contributed by atoms with Crippen LogP contribution in [-0.2, 0) is 0 Å². The van der Waals surface area contributed by atoms with E-state index in [0.717, 1.165) is 0 Å². The summed E-state index contributed by atoms with van der Waals surface area (Å²) in [7, 11) is 0. The number of nitro groups is 1. The Bertz CT molecular complexity index is 1330. The molecule has 4 rings (SSSR count). The van der Waals surface area contributed by atoms with Gasteiger partial charge in [-0.1, -0.05) is 29.8 Å². The molecule has 0 fully saturated rings. The van der Waals surface area contributed by atoms with Crippen molar-refractivity contribution < 1.29 is 19.2 Å². The lowest BCUT2D eigenvalue weighted by molar-refractivity contribution is -0.384. The van der Waals surface area contributed by atoms with Crippen LogP contribution in [0.25, 0.3) is 34.4 Å². The molecule has 8 heteroatoms. The van der Waals surface area contributed by atoms with Crippen molar-refractivity contribution >= 4 is 46.3 Å². The Morgan fingerprint density at radius 2 is 1.90 bits per heavy atom. The van der Waals surface area contributed by atoms with Crippen LogP contribution in [0.5, 0.6) is 0 Å². The molecule has 4 aromatic rings. The first-order valence-corrected chi connectivity index (χ1v) is 9.15. The quantitative estimate of drug-likeness (QED) is 0.317. The lowest BCUT2D eigenvalue weighted by Crippen LogP contribution is -2.00. The molecule has 2 heterocycles. The van der Waals surface area contributed by atoms with Gasteiger partial charge in [-0.05, 0) is 42.5 Å². The highest BCUT2D eigenvalue weighted by atomic mass is 35.5. The van der Waals surface area contributed by atoms with Gasteiger partial charge in [0.05, 0.1) is 26.7 Å². The number of carbonyl (C=O) groups is 1. The zero-order valence-corrected chi connectivity index (χ0v) is 16.0. The van der Waals surface area contributed by atoms with E-state index in [1.54, 1.807) is 48.6 Å². The van der Waals surface area contributed by atoms with E-state index in [4.69, 9.17) is 16.0 Å². The molecule has 0 atom stereocenters. The lowest BCUT2D eigenvalue weighted by atomic mass is 10.1. The van der Waals surface area contributed by atoms with Crippen molar-refractivity contribution in [2.75, 3.05) is 0 Å². The predicted molar refractivity (Wildman–Crippen MR) is 113 cm³/mol. The predicted octanol–water partition coefficient (Wildman–Crippen LogP) is 5.93. The van der Waals surface area contributed by atoms with Crippen molar-refractivity contribution in [1.82, 2.24) is 4.98 Å². The third kappa shape index (κ3) is 3.78. The fraction of sp³-hybridized carbons (Fsp3) is 0. The van der Waals surface area contributed by atoms with Crippen LogP contribution in [0, 0.1) is 10.1 Å². The third-order valence-electron chi connectivity index (χ3n) is 4.44. The van der Waals surface area contributed by atoms with Crippen LogP contribution in [0.3, 0.4) is 0 Å². The molecule has 0 unspecified atom stereocenters. The van der Waals surface area contributed by atoms with E-state index >= 15 is 0 Å². The van der Waals surface area contributed by atoms with Crippen LogP contribution in [0.15, 0.2) is 65.1 Å². The van der Waals surface area contributed by atoms with E-state index < -0.39 is 10.9 Å². The van der Waals surface area contributed by atoms with Crippen LogP contribution in [-0.4, -0.2) is 21.0 Å². The van der Waals surface area contributed by atoms with Crippen molar-refractivity contribution in [2.45, 2.75) is 0 Å². The molecule has 2 aromatic carbocycles. The number of aromatic carboxylic acids is 1. The summed E-state index contributed by atoms with van der Waals surface area (Å²) in [5.41, 5.74) is 1.64. The number of pyridine rings is 1. The second kappa shape index (κ2) is 7.81. The van der Waals surface area contributed by atoms with Gasteiger partial charge >= 0.3 is 5.97 Å². The SMILES string of the molecule is O=C(O)c1cc(C=Cc2ccc(-c3ccc([N+](=O)[O-])cc3Cl)o2)nc2ccccc12. The number of aromatic nitrogens is 1. The minimum atomic E-state index is -1.03. The molecule has 0 bridgehead atoms. The van der Waals surface area contributed by atoms with E-state index in [9.17, 15) is 20.0 Å². The molecule has 0 aliphatic rings. The maximum atomic E-state index is 11.6. The summed E-state index contributed by atoms with van der Waals surface area (Å²) in [5.74, 6) is -0.0881. The first-order valence-electron chi connectivity index (χ1n) is 8.78. The van der Waals surface area contributed by atoms with Gasteiger partial charge < -0.3 is 9.52 Å². The molecule has 0 saturated heterocycles. The second-order valence-corrected chi connectivity index (χ2v) is 6.78.